The van der Waals surface area contributed by atoms with E-state index in [4.69, 9.17) is 4.74 Å². The van der Waals surface area contributed by atoms with Gasteiger partial charge in [0, 0.05) is 5.69 Å². The van der Waals surface area contributed by atoms with E-state index in [2.05, 4.69) is 10.1 Å². The number of carbonyl (C=O) groups is 2. The van der Waals surface area contributed by atoms with Crippen molar-refractivity contribution < 1.29 is 23.5 Å². The van der Waals surface area contributed by atoms with Crippen molar-refractivity contribution in [3.63, 3.8) is 0 Å². The third kappa shape index (κ3) is 4.54. The number of rotatable bonds is 5. The van der Waals surface area contributed by atoms with Crippen molar-refractivity contribution in [2.45, 2.75) is 13.0 Å². The molecule has 1 atom stereocenters. The summed E-state index contributed by atoms with van der Waals surface area (Å²) in [6, 6.07) is 11.8. The molecule has 0 bridgehead atoms. The van der Waals surface area contributed by atoms with E-state index in [1.165, 1.54) is 37.4 Å². The second-order valence-corrected chi connectivity index (χ2v) is 4.78. The Morgan fingerprint density at radius 2 is 1.83 bits per heavy atom. The molecule has 2 rings (SSSR count). The molecule has 120 valence electrons. The van der Waals surface area contributed by atoms with Gasteiger partial charge in [0.2, 0.25) is 0 Å². The van der Waals surface area contributed by atoms with Crippen molar-refractivity contribution in [1.82, 2.24) is 0 Å². The second-order valence-electron chi connectivity index (χ2n) is 4.78. The average Bonchev–Trinajstić information content (AvgIpc) is 2.56. The van der Waals surface area contributed by atoms with Gasteiger partial charge in [0.1, 0.15) is 11.6 Å². The van der Waals surface area contributed by atoms with Crippen LogP contribution in [0.4, 0.5) is 10.1 Å². The first-order chi connectivity index (χ1) is 11.0. The Labute approximate surface area is 133 Å². The van der Waals surface area contributed by atoms with Crippen LogP contribution in [-0.2, 0) is 9.53 Å². The van der Waals surface area contributed by atoms with Crippen LogP contribution in [0.25, 0.3) is 0 Å². The number of hydrogen-bond acceptors (Lipinski definition) is 4. The minimum Gasteiger partial charge on any atom is -0.481 e. The standard InChI is InChI=1S/C17H16FNO4/c1-11(16(20)19-14-8-6-13(18)7-9-14)23-15-5-3-4-12(10-15)17(21)22-2/h3-11H,1-2H3,(H,19,20). The maximum absolute atomic E-state index is 12.8. The predicted molar refractivity (Wildman–Crippen MR) is 82.9 cm³/mol. The molecule has 1 amide bonds. The van der Waals surface area contributed by atoms with E-state index in [0.29, 0.717) is 17.0 Å². The predicted octanol–water partition coefficient (Wildman–Crippen LogP) is 3.02. The summed E-state index contributed by atoms with van der Waals surface area (Å²) >= 11 is 0. The maximum Gasteiger partial charge on any atom is 0.337 e. The fourth-order valence-electron chi connectivity index (χ4n) is 1.85. The highest BCUT2D eigenvalue weighted by Crippen LogP contribution is 2.16. The van der Waals surface area contributed by atoms with Crippen LogP contribution in [0.5, 0.6) is 5.75 Å². The number of methoxy groups -OCH3 is 1. The lowest BCUT2D eigenvalue weighted by Gasteiger charge is -2.15. The number of hydrogen-bond donors (Lipinski definition) is 1. The van der Waals surface area contributed by atoms with E-state index in [1.807, 2.05) is 0 Å². The van der Waals surface area contributed by atoms with Crippen molar-refractivity contribution in [3.8, 4) is 5.75 Å². The molecule has 23 heavy (non-hydrogen) atoms. The molecule has 6 heteroatoms. The van der Waals surface area contributed by atoms with Crippen molar-refractivity contribution in [3.05, 3.63) is 59.9 Å². The first-order valence-electron chi connectivity index (χ1n) is 6.91. The van der Waals surface area contributed by atoms with Gasteiger partial charge in [0.15, 0.2) is 6.10 Å². The smallest absolute Gasteiger partial charge is 0.337 e. The molecule has 0 aliphatic heterocycles. The van der Waals surface area contributed by atoms with Gasteiger partial charge in [-0.3, -0.25) is 4.79 Å². The molecule has 0 spiro atoms. The molecule has 2 aromatic rings. The van der Waals surface area contributed by atoms with E-state index in [1.54, 1.807) is 25.1 Å². The summed E-state index contributed by atoms with van der Waals surface area (Å²) < 4.78 is 23.0. The van der Waals surface area contributed by atoms with Crippen LogP contribution in [0, 0.1) is 5.82 Å². The minimum atomic E-state index is -0.798. The van der Waals surface area contributed by atoms with E-state index in [0.717, 1.165) is 0 Å². The summed E-state index contributed by atoms with van der Waals surface area (Å²) in [7, 11) is 1.29. The molecule has 0 aliphatic rings. The zero-order valence-electron chi connectivity index (χ0n) is 12.7. The molecule has 5 nitrogen and oxygen atoms in total. The number of carbonyl (C=O) groups excluding carboxylic acids is 2. The third-order valence-corrected chi connectivity index (χ3v) is 3.05. The highest BCUT2D eigenvalue weighted by molar-refractivity contribution is 5.94. The highest BCUT2D eigenvalue weighted by atomic mass is 19.1. The Morgan fingerprint density at radius 3 is 2.48 bits per heavy atom. The van der Waals surface area contributed by atoms with E-state index in [-0.39, 0.29) is 11.7 Å². The van der Waals surface area contributed by atoms with Gasteiger partial charge >= 0.3 is 5.97 Å². The van der Waals surface area contributed by atoms with Crippen LogP contribution in [-0.4, -0.2) is 25.1 Å². The fraction of sp³-hybridized carbons (Fsp3) is 0.176. The zero-order valence-corrected chi connectivity index (χ0v) is 12.7. The summed E-state index contributed by atoms with van der Waals surface area (Å²) in [5.74, 6) is -0.888. The summed E-state index contributed by atoms with van der Waals surface area (Å²) in [6.07, 6.45) is -0.798. The molecule has 0 fully saturated rings. The molecule has 2 aromatic carbocycles. The maximum atomic E-state index is 12.8. The van der Waals surface area contributed by atoms with Gasteiger partial charge in [-0.15, -0.1) is 0 Å². The molecule has 0 aliphatic carbocycles. The number of esters is 1. The fourth-order valence-corrected chi connectivity index (χ4v) is 1.85. The van der Waals surface area contributed by atoms with Crippen molar-refractivity contribution in [2.24, 2.45) is 0 Å². The molecular formula is C17H16FNO4. The Kier molecular flexibility index (Phi) is 5.30. The number of anilines is 1. The molecule has 1 N–H and O–H groups in total. The largest absolute Gasteiger partial charge is 0.481 e. The van der Waals surface area contributed by atoms with Crippen LogP contribution < -0.4 is 10.1 Å². The van der Waals surface area contributed by atoms with Crippen molar-refractivity contribution >= 4 is 17.6 Å². The molecule has 0 saturated carbocycles. The van der Waals surface area contributed by atoms with Gasteiger partial charge in [0.25, 0.3) is 5.91 Å². The van der Waals surface area contributed by atoms with E-state index < -0.39 is 12.1 Å². The number of amides is 1. The first-order valence-corrected chi connectivity index (χ1v) is 6.91. The number of benzene rings is 2. The second kappa shape index (κ2) is 7.40. The lowest BCUT2D eigenvalue weighted by Crippen LogP contribution is -2.30. The quantitative estimate of drug-likeness (QED) is 0.861. The summed E-state index contributed by atoms with van der Waals surface area (Å²) in [6.45, 7) is 1.57. The Bertz CT molecular complexity index is 700. The van der Waals surface area contributed by atoms with Crippen LogP contribution in [0.15, 0.2) is 48.5 Å². The summed E-state index contributed by atoms with van der Waals surface area (Å²) in [5.41, 5.74) is 0.798. The molecule has 0 heterocycles. The van der Waals surface area contributed by atoms with Gasteiger partial charge < -0.3 is 14.8 Å². The monoisotopic (exact) mass is 317 g/mol. The topological polar surface area (TPSA) is 64.6 Å². The summed E-state index contributed by atoms with van der Waals surface area (Å²) in [4.78, 5) is 23.5. The first kappa shape index (κ1) is 16.5. The number of ether oxygens (including phenoxy) is 2. The SMILES string of the molecule is COC(=O)c1cccc(OC(C)C(=O)Nc2ccc(F)cc2)c1. The molecular weight excluding hydrogens is 301 g/mol. The van der Waals surface area contributed by atoms with Gasteiger partial charge in [0.05, 0.1) is 12.7 Å². The van der Waals surface area contributed by atoms with Crippen LogP contribution in [0.3, 0.4) is 0 Å². The molecule has 1 unspecified atom stereocenters. The lowest BCUT2D eigenvalue weighted by molar-refractivity contribution is -0.122. The Hall–Kier alpha value is -2.89. The van der Waals surface area contributed by atoms with Crippen LogP contribution in [0.1, 0.15) is 17.3 Å². The van der Waals surface area contributed by atoms with E-state index >= 15 is 0 Å². The zero-order chi connectivity index (χ0) is 16.8. The number of nitrogens with one attached hydrogen (secondary N) is 1. The van der Waals surface area contributed by atoms with Crippen LogP contribution in [0.2, 0.25) is 0 Å². The average molecular weight is 317 g/mol. The number of halogens is 1. The van der Waals surface area contributed by atoms with Gasteiger partial charge in [-0.25, -0.2) is 9.18 Å². The minimum absolute atomic E-state index is 0.330. The van der Waals surface area contributed by atoms with Crippen molar-refractivity contribution in [1.29, 1.82) is 0 Å². The summed E-state index contributed by atoms with van der Waals surface area (Å²) in [5, 5.41) is 2.62. The normalized spacial score (nSPS) is 11.4. The third-order valence-electron chi connectivity index (χ3n) is 3.05. The molecule has 0 aromatic heterocycles. The van der Waals surface area contributed by atoms with Gasteiger partial charge in [-0.05, 0) is 49.4 Å². The Morgan fingerprint density at radius 1 is 1.13 bits per heavy atom. The molecule has 0 saturated heterocycles. The van der Waals surface area contributed by atoms with Crippen LogP contribution >= 0.6 is 0 Å². The van der Waals surface area contributed by atoms with Crippen molar-refractivity contribution in [2.75, 3.05) is 12.4 Å². The van der Waals surface area contributed by atoms with Gasteiger partial charge in [-0.1, -0.05) is 6.07 Å². The highest BCUT2D eigenvalue weighted by Gasteiger charge is 2.16. The lowest BCUT2D eigenvalue weighted by atomic mass is 10.2. The Balaban J connectivity index is 2.00. The van der Waals surface area contributed by atoms with E-state index in [9.17, 15) is 14.0 Å². The van der Waals surface area contributed by atoms with Gasteiger partial charge in [-0.2, -0.15) is 0 Å². The molecule has 0 radical (unpaired) electrons.